The Kier molecular flexibility index (Phi) is 6.22. The van der Waals surface area contributed by atoms with E-state index in [2.05, 4.69) is 24.2 Å². The van der Waals surface area contributed by atoms with E-state index in [0.29, 0.717) is 6.04 Å². The Hall–Kier alpha value is -0.120. The second-order valence-corrected chi connectivity index (χ2v) is 4.79. The van der Waals surface area contributed by atoms with Gasteiger partial charge in [-0.05, 0) is 58.8 Å². The number of rotatable bonds is 7. The molecular formula is C12H26N2O. The zero-order chi connectivity index (χ0) is 11.1. The van der Waals surface area contributed by atoms with Gasteiger partial charge in [0.25, 0.3) is 0 Å². The maximum atomic E-state index is 5.15. The smallest absolute Gasteiger partial charge is 0.0615 e. The van der Waals surface area contributed by atoms with Crippen LogP contribution in [0.5, 0.6) is 0 Å². The highest BCUT2D eigenvalue weighted by molar-refractivity contribution is 4.72. The monoisotopic (exact) mass is 214 g/mol. The average molecular weight is 214 g/mol. The van der Waals surface area contributed by atoms with E-state index in [4.69, 9.17) is 4.74 Å². The summed E-state index contributed by atoms with van der Waals surface area (Å²) in [6, 6.07) is 0.539. The molecule has 1 heterocycles. The highest BCUT2D eigenvalue weighted by Gasteiger charge is 2.14. The molecule has 1 fully saturated rings. The molecule has 0 bridgehead atoms. The molecule has 3 nitrogen and oxygen atoms in total. The molecule has 0 saturated carbocycles. The van der Waals surface area contributed by atoms with Gasteiger partial charge in [0.05, 0.1) is 6.61 Å². The van der Waals surface area contributed by atoms with Crippen LogP contribution in [-0.4, -0.2) is 51.3 Å². The van der Waals surface area contributed by atoms with Gasteiger partial charge in [-0.1, -0.05) is 0 Å². The minimum Gasteiger partial charge on any atom is -0.383 e. The molecule has 1 aliphatic heterocycles. The predicted octanol–water partition coefficient (Wildman–Crippen LogP) is 1.34. The van der Waals surface area contributed by atoms with Crippen molar-refractivity contribution in [2.75, 3.05) is 40.4 Å². The first-order valence-electron chi connectivity index (χ1n) is 6.14. The lowest BCUT2D eigenvalue weighted by atomic mass is 10.0. The molecule has 2 unspecified atom stereocenters. The molecule has 0 aromatic rings. The molecule has 0 aliphatic carbocycles. The van der Waals surface area contributed by atoms with Crippen molar-refractivity contribution >= 4 is 0 Å². The molecular weight excluding hydrogens is 188 g/mol. The zero-order valence-electron chi connectivity index (χ0n) is 10.5. The van der Waals surface area contributed by atoms with Gasteiger partial charge in [-0.2, -0.15) is 0 Å². The Bertz CT molecular complexity index is 158. The van der Waals surface area contributed by atoms with Gasteiger partial charge in [-0.15, -0.1) is 0 Å². The Morgan fingerprint density at radius 1 is 1.53 bits per heavy atom. The van der Waals surface area contributed by atoms with Crippen LogP contribution in [0, 0.1) is 5.92 Å². The van der Waals surface area contributed by atoms with E-state index in [1.54, 1.807) is 7.11 Å². The minimum atomic E-state index is 0.539. The van der Waals surface area contributed by atoms with Crippen molar-refractivity contribution in [3.63, 3.8) is 0 Å². The van der Waals surface area contributed by atoms with Crippen molar-refractivity contribution < 1.29 is 4.74 Å². The SMILES string of the molecule is COCC(C)N(C)CCCC1CCNC1. The maximum absolute atomic E-state index is 5.15. The second kappa shape index (κ2) is 7.20. The maximum Gasteiger partial charge on any atom is 0.0615 e. The van der Waals surface area contributed by atoms with E-state index in [0.717, 1.165) is 12.5 Å². The summed E-state index contributed by atoms with van der Waals surface area (Å²) in [7, 11) is 3.96. The quantitative estimate of drug-likeness (QED) is 0.692. The number of likely N-dealkylation sites (N-methyl/N-ethyl adjacent to an activating group) is 1. The normalized spacial score (nSPS) is 23.6. The summed E-state index contributed by atoms with van der Waals surface area (Å²) in [6.07, 6.45) is 4.06. The van der Waals surface area contributed by atoms with Gasteiger partial charge in [0.2, 0.25) is 0 Å². The van der Waals surface area contributed by atoms with E-state index in [9.17, 15) is 0 Å². The third-order valence-electron chi connectivity index (χ3n) is 3.45. The van der Waals surface area contributed by atoms with Crippen LogP contribution < -0.4 is 5.32 Å². The van der Waals surface area contributed by atoms with Gasteiger partial charge in [0, 0.05) is 13.2 Å². The molecule has 0 aromatic carbocycles. The molecule has 90 valence electrons. The Morgan fingerprint density at radius 3 is 2.93 bits per heavy atom. The molecule has 1 rings (SSSR count). The molecule has 1 N–H and O–H groups in total. The number of nitrogens with zero attached hydrogens (tertiary/aromatic N) is 1. The van der Waals surface area contributed by atoms with Crippen molar-refractivity contribution in [2.45, 2.75) is 32.2 Å². The lowest BCUT2D eigenvalue weighted by Gasteiger charge is -2.24. The molecule has 1 saturated heterocycles. The Balaban J connectivity index is 2.02. The van der Waals surface area contributed by atoms with E-state index in [1.807, 2.05) is 0 Å². The highest BCUT2D eigenvalue weighted by atomic mass is 16.5. The Labute approximate surface area is 94.2 Å². The first-order valence-corrected chi connectivity index (χ1v) is 6.14. The third-order valence-corrected chi connectivity index (χ3v) is 3.45. The van der Waals surface area contributed by atoms with Crippen LogP contribution in [0.25, 0.3) is 0 Å². The van der Waals surface area contributed by atoms with Crippen LogP contribution in [0.15, 0.2) is 0 Å². The topological polar surface area (TPSA) is 24.5 Å². The molecule has 1 aliphatic rings. The van der Waals surface area contributed by atoms with Gasteiger partial charge in [0.1, 0.15) is 0 Å². The van der Waals surface area contributed by atoms with Crippen LogP contribution >= 0.6 is 0 Å². The van der Waals surface area contributed by atoms with Gasteiger partial charge >= 0.3 is 0 Å². The van der Waals surface area contributed by atoms with Gasteiger partial charge in [-0.25, -0.2) is 0 Å². The van der Waals surface area contributed by atoms with Crippen LogP contribution in [0.2, 0.25) is 0 Å². The largest absolute Gasteiger partial charge is 0.383 e. The van der Waals surface area contributed by atoms with Crippen molar-refractivity contribution in [3.8, 4) is 0 Å². The van der Waals surface area contributed by atoms with Crippen LogP contribution in [-0.2, 0) is 4.74 Å². The summed E-state index contributed by atoms with van der Waals surface area (Å²) in [5.74, 6) is 0.927. The lowest BCUT2D eigenvalue weighted by Crippen LogP contribution is -2.33. The van der Waals surface area contributed by atoms with Crippen molar-refractivity contribution in [2.24, 2.45) is 5.92 Å². The summed E-state index contributed by atoms with van der Waals surface area (Å²) in [5, 5.41) is 3.42. The summed E-state index contributed by atoms with van der Waals surface area (Å²) < 4.78 is 5.15. The van der Waals surface area contributed by atoms with Crippen LogP contribution in [0.4, 0.5) is 0 Å². The number of hydrogen-bond donors (Lipinski definition) is 1. The van der Waals surface area contributed by atoms with E-state index >= 15 is 0 Å². The summed E-state index contributed by atoms with van der Waals surface area (Å²) in [6.45, 7) is 6.71. The fourth-order valence-electron chi connectivity index (χ4n) is 2.18. The number of nitrogens with one attached hydrogen (secondary N) is 1. The van der Waals surface area contributed by atoms with E-state index in [1.165, 1.54) is 38.9 Å². The van der Waals surface area contributed by atoms with Crippen molar-refractivity contribution in [1.29, 1.82) is 0 Å². The summed E-state index contributed by atoms with van der Waals surface area (Å²) in [4.78, 5) is 2.39. The lowest BCUT2D eigenvalue weighted by molar-refractivity contribution is 0.114. The van der Waals surface area contributed by atoms with Crippen LogP contribution in [0.3, 0.4) is 0 Å². The van der Waals surface area contributed by atoms with Gasteiger partial charge in [0.15, 0.2) is 0 Å². The average Bonchev–Trinajstić information content (AvgIpc) is 2.71. The van der Waals surface area contributed by atoms with Crippen LogP contribution in [0.1, 0.15) is 26.2 Å². The molecule has 2 atom stereocenters. The molecule has 0 spiro atoms. The summed E-state index contributed by atoms with van der Waals surface area (Å²) in [5.41, 5.74) is 0. The van der Waals surface area contributed by atoms with Gasteiger partial charge < -0.3 is 15.0 Å². The molecule has 0 radical (unpaired) electrons. The first-order chi connectivity index (χ1) is 7.24. The molecule has 0 amide bonds. The van der Waals surface area contributed by atoms with Crippen molar-refractivity contribution in [1.82, 2.24) is 10.2 Å². The highest BCUT2D eigenvalue weighted by Crippen LogP contribution is 2.14. The van der Waals surface area contributed by atoms with Crippen molar-refractivity contribution in [3.05, 3.63) is 0 Å². The fourth-order valence-corrected chi connectivity index (χ4v) is 2.18. The van der Waals surface area contributed by atoms with Gasteiger partial charge in [-0.3, -0.25) is 0 Å². The number of ether oxygens (including phenoxy) is 1. The predicted molar refractivity (Wildman–Crippen MR) is 64.2 cm³/mol. The van der Waals surface area contributed by atoms with E-state index < -0.39 is 0 Å². The fraction of sp³-hybridized carbons (Fsp3) is 1.00. The molecule has 3 heteroatoms. The standard InChI is InChI=1S/C12H26N2O/c1-11(10-15-3)14(2)8-4-5-12-6-7-13-9-12/h11-13H,4-10H2,1-3H3. The first kappa shape index (κ1) is 12.9. The molecule has 0 aromatic heterocycles. The third kappa shape index (κ3) is 4.96. The molecule has 15 heavy (non-hydrogen) atoms. The number of hydrogen-bond acceptors (Lipinski definition) is 3. The van der Waals surface area contributed by atoms with E-state index in [-0.39, 0.29) is 0 Å². The Morgan fingerprint density at radius 2 is 2.33 bits per heavy atom. The second-order valence-electron chi connectivity index (χ2n) is 4.79. The number of methoxy groups -OCH3 is 1. The zero-order valence-corrected chi connectivity index (χ0v) is 10.5. The summed E-state index contributed by atoms with van der Waals surface area (Å²) >= 11 is 0. The minimum absolute atomic E-state index is 0.539.